The topological polar surface area (TPSA) is 40.6 Å². The molecule has 1 heterocycles. The quantitative estimate of drug-likeness (QED) is 0.581. The van der Waals surface area contributed by atoms with Crippen LogP contribution in [-0.2, 0) is 16.4 Å². The maximum absolute atomic E-state index is 13.1. The number of nitrogens with zero attached hydrogens (tertiary/aromatic N) is 2. The molecule has 1 aliphatic rings. The van der Waals surface area contributed by atoms with Crippen molar-refractivity contribution in [2.24, 2.45) is 0 Å². The summed E-state index contributed by atoms with van der Waals surface area (Å²) in [7, 11) is -1.20. The van der Waals surface area contributed by atoms with Gasteiger partial charge in [0.05, 0.1) is 5.25 Å². The van der Waals surface area contributed by atoms with Crippen molar-refractivity contribution in [2.75, 3.05) is 33.2 Å². The van der Waals surface area contributed by atoms with E-state index in [-0.39, 0.29) is 5.25 Å². The lowest BCUT2D eigenvalue weighted by Gasteiger charge is -2.34. The third-order valence-corrected chi connectivity index (χ3v) is 8.85. The Morgan fingerprint density at radius 3 is 2.29 bits per heavy atom. The Balaban J connectivity index is 1.70. The van der Waals surface area contributed by atoms with Crippen LogP contribution in [0.15, 0.2) is 49.0 Å². The van der Waals surface area contributed by atoms with Gasteiger partial charge in [0.1, 0.15) is 0 Å². The van der Waals surface area contributed by atoms with Crippen molar-refractivity contribution in [1.82, 2.24) is 9.21 Å². The van der Waals surface area contributed by atoms with E-state index < -0.39 is 10.0 Å². The zero-order valence-corrected chi connectivity index (χ0v) is 20.2. The number of allylic oxidation sites excluding steroid dienone is 1. The predicted molar refractivity (Wildman–Crippen MR) is 132 cm³/mol. The molecule has 3 rings (SSSR count). The lowest BCUT2D eigenvalue weighted by atomic mass is 9.93. The van der Waals surface area contributed by atoms with Crippen LogP contribution in [0.3, 0.4) is 0 Å². The summed E-state index contributed by atoms with van der Waals surface area (Å²) in [5.41, 5.74) is 7.00. The minimum absolute atomic E-state index is 0.317. The first-order valence-corrected chi connectivity index (χ1v) is 12.8. The Bertz CT molecular complexity index is 1000. The summed E-state index contributed by atoms with van der Waals surface area (Å²) in [6, 6.07) is 15.0. The van der Waals surface area contributed by atoms with Crippen LogP contribution in [0, 0.1) is 6.92 Å². The lowest BCUT2D eigenvalue weighted by Crippen LogP contribution is -2.49. The van der Waals surface area contributed by atoms with Crippen molar-refractivity contribution in [2.45, 2.75) is 45.3 Å². The zero-order chi connectivity index (χ0) is 22.6. The molecule has 5 heteroatoms. The van der Waals surface area contributed by atoms with E-state index in [9.17, 15) is 8.42 Å². The van der Waals surface area contributed by atoms with Gasteiger partial charge in [-0.15, -0.1) is 0 Å². The largest absolute Gasteiger partial charge is 0.304 e. The molecule has 0 radical (unpaired) electrons. The minimum Gasteiger partial charge on any atom is -0.304 e. The van der Waals surface area contributed by atoms with Crippen LogP contribution in [0.2, 0.25) is 0 Å². The van der Waals surface area contributed by atoms with Crippen molar-refractivity contribution in [3.8, 4) is 11.1 Å². The summed E-state index contributed by atoms with van der Waals surface area (Å²) in [5.74, 6) is 0. The molecule has 2 aromatic rings. The number of benzene rings is 2. The number of piperazine rings is 1. The van der Waals surface area contributed by atoms with Crippen LogP contribution in [0.4, 0.5) is 0 Å². The Hall–Kier alpha value is -1.95. The van der Waals surface area contributed by atoms with Crippen LogP contribution in [0.1, 0.15) is 43.4 Å². The van der Waals surface area contributed by atoms with Crippen LogP contribution in [0.25, 0.3) is 16.7 Å². The van der Waals surface area contributed by atoms with Gasteiger partial charge < -0.3 is 4.90 Å². The third kappa shape index (κ3) is 5.65. The van der Waals surface area contributed by atoms with Gasteiger partial charge in [-0.05, 0) is 62.4 Å². The van der Waals surface area contributed by atoms with Crippen molar-refractivity contribution in [3.05, 3.63) is 65.7 Å². The number of rotatable bonds is 8. The molecule has 1 atom stereocenters. The van der Waals surface area contributed by atoms with E-state index in [1.54, 1.807) is 4.31 Å². The average molecular weight is 441 g/mol. The van der Waals surface area contributed by atoms with E-state index in [0.717, 1.165) is 25.1 Å². The summed E-state index contributed by atoms with van der Waals surface area (Å²) >= 11 is 0. The van der Waals surface area contributed by atoms with Gasteiger partial charge in [-0.2, -0.15) is 4.31 Å². The fraction of sp³-hybridized carbons (Fsp3) is 0.462. The van der Waals surface area contributed by atoms with Crippen molar-refractivity contribution >= 4 is 15.6 Å². The Morgan fingerprint density at radius 1 is 1.06 bits per heavy atom. The number of hydrogen-bond acceptors (Lipinski definition) is 3. The molecule has 0 aliphatic carbocycles. The van der Waals surface area contributed by atoms with Crippen molar-refractivity contribution in [3.63, 3.8) is 0 Å². The van der Waals surface area contributed by atoms with E-state index >= 15 is 0 Å². The predicted octanol–water partition coefficient (Wildman–Crippen LogP) is 4.98. The molecular formula is C26H36N2O2S. The van der Waals surface area contributed by atoms with Crippen molar-refractivity contribution in [1.29, 1.82) is 0 Å². The van der Waals surface area contributed by atoms with E-state index in [1.807, 2.05) is 20.9 Å². The first kappa shape index (κ1) is 23.7. The molecule has 4 nitrogen and oxygen atoms in total. The average Bonchev–Trinajstić information content (AvgIpc) is 2.74. The summed E-state index contributed by atoms with van der Waals surface area (Å²) in [5, 5.41) is -0.317. The molecule has 0 bridgehead atoms. The van der Waals surface area contributed by atoms with Gasteiger partial charge in [-0.25, -0.2) is 8.42 Å². The van der Waals surface area contributed by atoms with E-state index in [1.165, 1.54) is 27.8 Å². The molecule has 1 saturated heterocycles. The molecule has 1 aliphatic heterocycles. The van der Waals surface area contributed by atoms with Gasteiger partial charge in [-0.3, -0.25) is 0 Å². The van der Waals surface area contributed by atoms with Crippen molar-refractivity contribution < 1.29 is 8.42 Å². The van der Waals surface area contributed by atoms with Gasteiger partial charge >= 0.3 is 0 Å². The van der Waals surface area contributed by atoms with Gasteiger partial charge in [0, 0.05) is 26.2 Å². The Kier molecular flexibility index (Phi) is 7.73. The van der Waals surface area contributed by atoms with E-state index in [4.69, 9.17) is 0 Å². The van der Waals surface area contributed by atoms with Crippen LogP contribution < -0.4 is 0 Å². The Labute approximate surface area is 188 Å². The maximum atomic E-state index is 13.1. The lowest BCUT2D eigenvalue weighted by molar-refractivity contribution is 0.220. The maximum Gasteiger partial charge on any atom is 0.217 e. The van der Waals surface area contributed by atoms with Crippen LogP contribution in [0.5, 0.6) is 0 Å². The summed E-state index contributed by atoms with van der Waals surface area (Å²) in [6.07, 6.45) is 2.08. The molecular weight excluding hydrogens is 404 g/mol. The molecule has 0 N–H and O–H groups in total. The normalized spacial score (nSPS) is 16.9. The monoisotopic (exact) mass is 440 g/mol. The minimum atomic E-state index is -3.24. The molecule has 0 amide bonds. The molecule has 0 spiro atoms. The van der Waals surface area contributed by atoms with Gasteiger partial charge in [0.15, 0.2) is 0 Å². The number of likely N-dealkylation sites (N-methyl/N-ethyl adjacent to an activating group) is 1. The fourth-order valence-electron chi connectivity index (χ4n) is 4.26. The summed E-state index contributed by atoms with van der Waals surface area (Å²) < 4.78 is 27.9. The highest BCUT2D eigenvalue weighted by Gasteiger charge is 2.32. The Morgan fingerprint density at radius 2 is 1.71 bits per heavy atom. The molecule has 0 aromatic heterocycles. The smallest absolute Gasteiger partial charge is 0.217 e. The van der Waals surface area contributed by atoms with E-state index in [0.29, 0.717) is 25.9 Å². The first-order valence-electron chi connectivity index (χ1n) is 11.3. The summed E-state index contributed by atoms with van der Waals surface area (Å²) in [6.45, 7) is 13.1. The molecule has 31 heavy (non-hydrogen) atoms. The SMILES string of the molecule is C=C(C)c1ccc(C)cc1-c1ccc(CCC(CC)S(=O)(=O)N2CCN(C)CC2)cc1. The second-order valence-electron chi connectivity index (χ2n) is 8.84. The highest BCUT2D eigenvalue weighted by atomic mass is 32.2. The molecule has 168 valence electrons. The van der Waals surface area contributed by atoms with Gasteiger partial charge in [-0.1, -0.05) is 67.1 Å². The third-order valence-electron chi connectivity index (χ3n) is 6.35. The number of sulfonamides is 1. The highest BCUT2D eigenvalue weighted by molar-refractivity contribution is 7.89. The van der Waals surface area contributed by atoms with Gasteiger partial charge in [0.25, 0.3) is 0 Å². The molecule has 0 saturated carbocycles. The van der Waals surface area contributed by atoms with E-state index in [2.05, 4.69) is 60.9 Å². The second kappa shape index (κ2) is 10.1. The number of aryl methyl sites for hydroxylation is 2. The van der Waals surface area contributed by atoms with Gasteiger partial charge in [0.2, 0.25) is 10.0 Å². The second-order valence-corrected chi connectivity index (χ2v) is 11.1. The van der Waals surface area contributed by atoms with Crippen LogP contribution in [-0.4, -0.2) is 56.1 Å². The standard InChI is InChI=1S/C26H36N2O2S/c1-6-24(31(29,30)28-17-15-27(5)16-18-28)13-10-22-8-11-23(12-9-22)26-19-21(4)7-14-25(26)20(2)3/h7-9,11-12,14,19,24H,2,6,10,13,15-18H2,1,3-5H3. The summed E-state index contributed by atoms with van der Waals surface area (Å²) in [4.78, 5) is 2.18. The van der Waals surface area contributed by atoms with Crippen LogP contribution >= 0.6 is 0 Å². The first-order chi connectivity index (χ1) is 14.7. The number of hydrogen-bond donors (Lipinski definition) is 0. The molecule has 2 aromatic carbocycles. The molecule has 1 unspecified atom stereocenters. The fourth-order valence-corrected chi connectivity index (χ4v) is 6.20. The highest BCUT2D eigenvalue weighted by Crippen LogP contribution is 2.30. The molecule has 1 fully saturated rings. The zero-order valence-electron chi connectivity index (χ0n) is 19.4.